The third-order valence-corrected chi connectivity index (χ3v) is 3.84. The zero-order valence-corrected chi connectivity index (χ0v) is 11.1. The first kappa shape index (κ1) is 14.8. The maximum atomic E-state index is 12.7. The van der Waals surface area contributed by atoms with Crippen molar-refractivity contribution in [2.75, 3.05) is 14.2 Å². The van der Waals surface area contributed by atoms with Crippen LogP contribution in [-0.4, -0.2) is 20.0 Å². The average molecular weight is 285 g/mol. The fourth-order valence-corrected chi connectivity index (χ4v) is 2.58. The molecule has 3 nitrogen and oxygen atoms in total. The minimum Gasteiger partial charge on any atom is -0.353 e. The molecule has 0 spiro atoms. The lowest BCUT2D eigenvalue weighted by Crippen LogP contribution is -2.56. The van der Waals surface area contributed by atoms with Gasteiger partial charge in [-0.1, -0.05) is 18.2 Å². The molecule has 1 aliphatic rings. The van der Waals surface area contributed by atoms with Crippen LogP contribution in [0.4, 0.5) is 13.2 Å². The molecule has 1 saturated carbocycles. The Morgan fingerprint density at radius 2 is 1.80 bits per heavy atom. The molecule has 0 radical (unpaired) electrons. The van der Waals surface area contributed by atoms with Gasteiger partial charge in [0.15, 0.2) is 5.79 Å². The largest absolute Gasteiger partial charge is 0.416 e. The van der Waals surface area contributed by atoms with Crippen LogP contribution in [0.3, 0.4) is 0 Å². The van der Waals surface area contributed by atoms with Gasteiger partial charge in [-0.25, -0.2) is 0 Å². The Morgan fingerprint density at radius 3 is 2.25 bits per heavy atom. The molecule has 108 valence electrons. The van der Waals surface area contributed by atoms with Gasteiger partial charge in [-0.2, -0.15) is 18.4 Å². The summed E-state index contributed by atoms with van der Waals surface area (Å²) in [7, 11) is 2.91. The topological polar surface area (TPSA) is 42.2 Å². The SMILES string of the molecule is COC1(OC)CC(C#N)(c2cccc(C(F)(F)F)c2)C1. The molecule has 1 aromatic rings. The van der Waals surface area contributed by atoms with Gasteiger partial charge in [-0.3, -0.25) is 0 Å². The van der Waals surface area contributed by atoms with E-state index in [1.165, 1.54) is 26.4 Å². The zero-order chi connectivity index (χ0) is 15.0. The molecule has 0 saturated heterocycles. The standard InChI is InChI=1S/C14H14F3NO2/c1-19-13(20-2)7-12(8-13,9-18)10-4-3-5-11(6-10)14(15,16)17/h3-6H,7-8H2,1-2H3. The molecule has 0 aliphatic heterocycles. The molecule has 0 heterocycles. The molecular weight excluding hydrogens is 271 g/mol. The van der Waals surface area contributed by atoms with E-state index < -0.39 is 22.9 Å². The fourth-order valence-electron chi connectivity index (χ4n) is 2.58. The maximum absolute atomic E-state index is 12.7. The summed E-state index contributed by atoms with van der Waals surface area (Å²) in [6.45, 7) is 0. The quantitative estimate of drug-likeness (QED) is 0.801. The predicted octanol–water partition coefficient (Wildman–Crippen LogP) is 3.25. The third kappa shape index (κ3) is 2.28. The lowest BCUT2D eigenvalue weighted by molar-refractivity contribution is -0.269. The van der Waals surface area contributed by atoms with Crippen LogP contribution in [0.1, 0.15) is 24.0 Å². The molecule has 0 atom stereocenters. The Hall–Kier alpha value is -1.58. The van der Waals surface area contributed by atoms with Crippen molar-refractivity contribution in [3.8, 4) is 6.07 Å². The minimum atomic E-state index is -4.42. The number of methoxy groups -OCH3 is 2. The molecule has 2 rings (SSSR count). The van der Waals surface area contributed by atoms with Crippen molar-refractivity contribution in [2.24, 2.45) is 0 Å². The van der Waals surface area contributed by atoms with E-state index >= 15 is 0 Å². The van der Waals surface area contributed by atoms with Crippen molar-refractivity contribution in [2.45, 2.75) is 30.2 Å². The van der Waals surface area contributed by atoms with Gasteiger partial charge in [0.2, 0.25) is 0 Å². The number of alkyl halides is 3. The summed E-state index contributed by atoms with van der Waals surface area (Å²) >= 11 is 0. The molecule has 20 heavy (non-hydrogen) atoms. The number of hydrogen-bond donors (Lipinski definition) is 0. The van der Waals surface area contributed by atoms with Crippen LogP contribution < -0.4 is 0 Å². The van der Waals surface area contributed by atoms with Crippen LogP contribution in [0.15, 0.2) is 24.3 Å². The van der Waals surface area contributed by atoms with E-state index in [2.05, 4.69) is 6.07 Å². The number of ether oxygens (including phenoxy) is 2. The fraction of sp³-hybridized carbons (Fsp3) is 0.500. The second-order valence-electron chi connectivity index (χ2n) is 4.94. The molecule has 0 bridgehead atoms. The predicted molar refractivity (Wildman–Crippen MR) is 64.7 cm³/mol. The molecule has 1 aliphatic carbocycles. The molecule has 0 unspecified atom stereocenters. The van der Waals surface area contributed by atoms with E-state index in [4.69, 9.17) is 9.47 Å². The summed E-state index contributed by atoms with van der Waals surface area (Å²) in [5.74, 6) is -0.885. The average Bonchev–Trinajstić information content (AvgIpc) is 2.39. The van der Waals surface area contributed by atoms with Crippen LogP contribution in [0.2, 0.25) is 0 Å². The Labute approximate surface area is 114 Å². The number of benzene rings is 1. The summed E-state index contributed by atoms with van der Waals surface area (Å²) in [6, 6.07) is 6.98. The van der Waals surface area contributed by atoms with E-state index in [1.54, 1.807) is 0 Å². The number of hydrogen-bond acceptors (Lipinski definition) is 3. The number of nitriles is 1. The van der Waals surface area contributed by atoms with Gasteiger partial charge in [0.25, 0.3) is 0 Å². The van der Waals surface area contributed by atoms with Crippen LogP contribution in [0.25, 0.3) is 0 Å². The van der Waals surface area contributed by atoms with Crippen LogP contribution in [0, 0.1) is 11.3 Å². The van der Waals surface area contributed by atoms with Crippen LogP contribution >= 0.6 is 0 Å². The summed E-state index contributed by atoms with van der Waals surface area (Å²) < 4.78 is 48.6. The highest BCUT2D eigenvalue weighted by Gasteiger charge is 2.57. The lowest BCUT2D eigenvalue weighted by Gasteiger charge is -2.50. The van der Waals surface area contributed by atoms with Gasteiger partial charge in [0, 0.05) is 27.1 Å². The summed E-state index contributed by atoms with van der Waals surface area (Å²) in [5, 5.41) is 9.36. The second-order valence-corrected chi connectivity index (χ2v) is 4.94. The smallest absolute Gasteiger partial charge is 0.353 e. The van der Waals surface area contributed by atoms with Crippen LogP contribution in [0.5, 0.6) is 0 Å². The molecule has 6 heteroatoms. The van der Waals surface area contributed by atoms with E-state index in [1.807, 2.05) is 0 Å². The Bertz CT molecular complexity index is 536. The first-order valence-corrected chi connectivity index (χ1v) is 6.00. The van der Waals surface area contributed by atoms with Gasteiger partial charge in [0.1, 0.15) is 0 Å². The first-order valence-electron chi connectivity index (χ1n) is 6.00. The van der Waals surface area contributed by atoms with E-state index in [0.29, 0.717) is 5.56 Å². The summed E-state index contributed by atoms with van der Waals surface area (Å²) in [4.78, 5) is 0. The number of nitrogens with zero attached hydrogens (tertiary/aromatic N) is 1. The molecule has 0 amide bonds. The normalized spacial score (nSPS) is 20.0. The van der Waals surface area contributed by atoms with Crippen molar-refractivity contribution in [3.05, 3.63) is 35.4 Å². The van der Waals surface area contributed by atoms with Crippen molar-refractivity contribution >= 4 is 0 Å². The van der Waals surface area contributed by atoms with Crippen molar-refractivity contribution in [1.29, 1.82) is 5.26 Å². The lowest BCUT2D eigenvalue weighted by atomic mass is 9.61. The highest BCUT2D eigenvalue weighted by Crippen LogP contribution is 2.52. The first-order chi connectivity index (χ1) is 9.31. The monoisotopic (exact) mass is 285 g/mol. The number of rotatable bonds is 3. The van der Waals surface area contributed by atoms with Gasteiger partial charge in [0.05, 0.1) is 17.0 Å². The highest BCUT2D eigenvalue weighted by molar-refractivity contribution is 5.40. The molecular formula is C14H14F3NO2. The van der Waals surface area contributed by atoms with E-state index in [0.717, 1.165) is 12.1 Å². The Balaban J connectivity index is 2.34. The molecule has 1 fully saturated rings. The van der Waals surface area contributed by atoms with E-state index in [-0.39, 0.29) is 12.8 Å². The van der Waals surface area contributed by atoms with Gasteiger partial charge in [-0.15, -0.1) is 0 Å². The van der Waals surface area contributed by atoms with E-state index in [9.17, 15) is 18.4 Å². The maximum Gasteiger partial charge on any atom is 0.416 e. The number of halogens is 3. The van der Waals surface area contributed by atoms with Crippen molar-refractivity contribution < 1.29 is 22.6 Å². The zero-order valence-electron chi connectivity index (χ0n) is 11.1. The third-order valence-electron chi connectivity index (χ3n) is 3.84. The Kier molecular flexibility index (Phi) is 3.53. The minimum absolute atomic E-state index is 0.213. The highest BCUT2D eigenvalue weighted by atomic mass is 19.4. The van der Waals surface area contributed by atoms with Crippen LogP contribution in [-0.2, 0) is 21.1 Å². The second kappa shape index (κ2) is 4.76. The van der Waals surface area contributed by atoms with Crippen molar-refractivity contribution in [1.82, 2.24) is 0 Å². The molecule has 1 aromatic carbocycles. The van der Waals surface area contributed by atoms with Crippen molar-refractivity contribution in [3.63, 3.8) is 0 Å². The summed E-state index contributed by atoms with van der Waals surface area (Å²) in [5.41, 5.74) is -1.40. The summed E-state index contributed by atoms with van der Waals surface area (Å²) in [6.07, 6.45) is -3.99. The van der Waals surface area contributed by atoms with Gasteiger partial charge < -0.3 is 9.47 Å². The van der Waals surface area contributed by atoms with Gasteiger partial charge in [-0.05, 0) is 11.6 Å². The molecule has 0 N–H and O–H groups in total. The van der Waals surface area contributed by atoms with Gasteiger partial charge >= 0.3 is 6.18 Å². The molecule has 0 aromatic heterocycles. The Morgan fingerprint density at radius 1 is 1.20 bits per heavy atom.